The number of hydrogen-bond donors (Lipinski definition) is 2. The van der Waals surface area contributed by atoms with Gasteiger partial charge in [0.15, 0.2) is 5.13 Å². The first-order valence-electron chi connectivity index (χ1n) is 8.90. The van der Waals surface area contributed by atoms with Crippen molar-refractivity contribution < 1.29 is 14.4 Å². The molecule has 4 amide bonds. The number of amides is 4. The third-order valence-electron chi connectivity index (χ3n) is 4.69. The van der Waals surface area contributed by atoms with Gasteiger partial charge in [0.1, 0.15) is 4.88 Å². The van der Waals surface area contributed by atoms with E-state index in [2.05, 4.69) is 15.6 Å². The van der Waals surface area contributed by atoms with Crippen LogP contribution in [-0.4, -0.2) is 65.9 Å². The van der Waals surface area contributed by atoms with Gasteiger partial charge in [-0.2, -0.15) is 0 Å². The molecule has 0 atom stereocenters. The molecule has 0 spiro atoms. The van der Waals surface area contributed by atoms with Gasteiger partial charge >= 0.3 is 6.03 Å². The Morgan fingerprint density at radius 2 is 1.81 bits per heavy atom. The number of thiazole rings is 1. The number of likely N-dealkylation sites (tertiary alicyclic amines) is 1. The average molecular weight is 379 g/mol. The lowest BCUT2D eigenvalue weighted by Gasteiger charge is -2.31. The maximum Gasteiger partial charge on any atom is 0.317 e. The van der Waals surface area contributed by atoms with Crippen molar-refractivity contribution in [2.45, 2.75) is 38.6 Å². The second kappa shape index (κ2) is 7.61. The van der Waals surface area contributed by atoms with E-state index in [1.165, 1.54) is 16.2 Å². The Kier molecular flexibility index (Phi) is 5.45. The Bertz CT molecular complexity index is 705. The molecule has 3 rings (SSSR count). The van der Waals surface area contributed by atoms with Gasteiger partial charge < -0.3 is 20.4 Å². The maximum absolute atomic E-state index is 12.5. The molecule has 1 aliphatic heterocycles. The zero-order valence-electron chi connectivity index (χ0n) is 15.4. The molecule has 2 heterocycles. The minimum atomic E-state index is -0.141. The number of carbonyl (C=O) groups is 3. The number of urea groups is 1. The van der Waals surface area contributed by atoms with E-state index in [9.17, 15) is 14.4 Å². The molecule has 2 aliphatic rings. The number of rotatable bonds is 4. The average Bonchev–Trinajstić information content (AvgIpc) is 3.35. The lowest BCUT2D eigenvalue weighted by atomic mass is 9.96. The summed E-state index contributed by atoms with van der Waals surface area (Å²) in [5.41, 5.74) is 0.621. The highest BCUT2D eigenvalue weighted by molar-refractivity contribution is 7.17. The summed E-state index contributed by atoms with van der Waals surface area (Å²) in [4.78, 5) is 44.7. The summed E-state index contributed by atoms with van der Waals surface area (Å²) >= 11 is 1.20. The van der Waals surface area contributed by atoms with Gasteiger partial charge in [0, 0.05) is 39.1 Å². The fraction of sp³-hybridized carbons (Fsp3) is 0.647. The zero-order chi connectivity index (χ0) is 18.8. The highest BCUT2D eigenvalue weighted by Crippen LogP contribution is 2.26. The van der Waals surface area contributed by atoms with Crippen LogP contribution in [-0.2, 0) is 4.79 Å². The molecule has 0 unspecified atom stereocenters. The van der Waals surface area contributed by atoms with Crippen LogP contribution in [0.5, 0.6) is 0 Å². The van der Waals surface area contributed by atoms with Gasteiger partial charge in [-0.05, 0) is 32.6 Å². The van der Waals surface area contributed by atoms with Gasteiger partial charge in [-0.25, -0.2) is 9.78 Å². The summed E-state index contributed by atoms with van der Waals surface area (Å²) in [7, 11) is 3.37. The summed E-state index contributed by atoms with van der Waals surface area (Å²) in [6.45, 7) is 2.93. The van der Waals surface area contributed by atoms with E-state index >= 15 is 0 Å². The van der Waals surface area contributed by atoms with Gasteiger partial charge in [0.25, 0.3) is 5.91 Å². The Hall–Kier alpha value is -2.16. The van der Waals surface area contributed by atoms with E-state index in [1.54, 1.807) is 25.9 Å². The van der Waals surface area contributed by atoms with Crippen molar-refractivity contribution in [2.75, 3.05) is 32.5 Å². The van der Waals surface area contributed by atoms with Crippen molar-refractivity contribution in [3.8, 4) is 0 Å². The molecule has 1 saturated heterocycles. The Balaban J connectivity index is 1.52. The first kappa shape index (κ1) is 18.6. The number of piperidine rings is 1. The lowest BCUT2D eigenvalue weighted by molar-refractivity contribution is -0.121. The van der Waals surface area contributed by atoms with Crippen LogP contribution in [0.15, 0.2) is 0 Å². The summed E-state index contributed by atoms with van der Waals surface area (Å²) in [5, 5.41) is 6.26. The van der Waals surface area contributed by atoms with Gasteiger partial charge in [-0.15, -0.1) is 0 Å². The highest BCUT2D eigenvalue weighted by Gasteiger charge is 2.31. The molecule has 1 aromatic heterocycles. The monoisotopic (exact) mass is 379 g/mol. The molecule has 0 bridgehead atoms. The summed E-state index contributed by atoms with van der Waals surface area (Å²) in [6, 6.07) is 0.324. The normalized spacial score (nSPS) is 17.7. The standard InChI is InChI=1S/C17H25N5O3S/c1-10-13(15(24)21(2)3)26-16(18-10)20-14(23)11-6-8-22(9-7-11)17(25)19-12-4-5-12/h11-12H,4-9H2,1-3H3,(H,19,25)(H,18,20,23). The van der Waals surface area contributed by atoms with E-state index in [4.69, 9.17) is 0 Å². The van der Waals surface area contributed by atoms with E-state index in [-0.39, 0.29) is 23.8 Å². The molecule has 142 valence electrons. The molecule has 1 aliphatic carbocycles. The minimum Gasteiger partial charge on any atom is -0.344 e. The molecule has 0 aromatic carbocycles. The molecule has 2 fully saturated rings. The molecular formula is C17H25N5O3S. The van der Waals surface area contributed by atoms with Crippen LogP contribution < -0.4 is 10.6 Å². The molecule has 2 N–H and O–H groups in total. The van der Waals surface area contributed by atoms with Crippen molar-refractivity contribution in [3.05, 3.63) is 10.6 Å². The number of hydrogen-bond acceptors (Lipinski definition) is 5. The Morgan fingerprint density at radius 1 is 1.15 bits per heavy atom. The van der Waals surface area contributed by atoms with Crippen LogP contribution in [0.4, 0.5) is 9.93 Å². The third-order valence-corrected chi connectivity index (χ3v) is 5.75. The molecule has 0 radical (unpaired) electrons. The van der Waals surface area contributed by atoms with E-state index in [0.29, 0.717) is 47.7 Å². The number of nitrogens with zero attached hydrogens (tertiary/aromatic N) is 3. The molecular weight excluding hydrogens is 354 g/mol. The summed E-state index contributed by atoms with van der Waals surface area (Å²) in [5.74, 6) is -0.350. The van der Waals surface area contributed by atoms with Crippen molar-refractivity contribution in [1.82, 2.24) is 20.1 Å². The van der Waals surface area contributed by atoms with Gasteiger partial charge in [-0.3, -0.25) is 9.59 Å². The number of aromatic nitrogens is 1. The van der Waals surface area contributed by atoms with E-state index in [0.717, 1.165) is 12.8 Å². The predicted molar refractivity (Wildman–Crippen MR) is 99.3 cm³/mol. The van der Waals surface area contributed by atoms with Crippen LogP contribution in [0, 0.1) is 12.8 Å². The smallest absolute Gasteiger partial charge is 0.317 e. The van der Waals surface area contributed by atoms with Gasteiger partial charge in [-0.1, -0.05) is 11.3 Å². The SMILES string of the molecule is Cc1nc(NC(=O)C2CCN(C(=O)NC3CC3)CC2)sc1C(=O)N(C)C. The van der Waals surface area contributed by atoms with Crippen LogP contribution in [0.25, 0.3) is 0 Å². The van der Waals surface area contributed by atoms with E-state index in [1.807, 2.05) is 0 Å². The highest BCUT2D eigenvalue weighted by atomic mass is 32.1. The van der Waals surface area contributed by atoms with Crippen molar-refractivity contribution in [2.24, 2.45) is 5.92 Å². The summed E-state index contributed by atoms with van der Waals surface area (Å²) < 4.78 is 0. The van der Waals surface area contributed by atoms with Crippen molar-refractivity contribution in [1.29, 1.82) is 0 Å². The molecule has 1 aromatic rings. The van der Waals surface area contributed by atoms with Crippen molar-refractivity contribution in [3.63, 3.8) is 0 Å². The second-order valence-electron chi connectivity index (χ2n) is 7.11. The molecule has 26 heavy (non-hydrogen) atoms. The number of nitrogens with one attached hydrogen (secondary N) is 2. The molecule has 9 heteroatoms. The Labute approximate surface area is 156 Å². The Morgan fingerprint density at radius 3 is 2.38 bits per heavy atom. The van der Waals surface area contributed by atoms with Gasteiger partial charge in [0.2, 0.25) is 5.91 Å². The van der Waals surface area contributed by atoms with E-state index < -0.39 is 0 Å². The second-order valence-corrected chi connectivity index (χ2v) is 8.11. The summed E-state index contributed by atoms with van der Waals surface area (Å²) in [6.07, 6.45) is 3.40. The zero-order valence-corrected chi connectivity index (χ0v) is 16.2. The van der Waals surface area contributed by atoms with Gasteiger partial charge in [0.05, 0.1) is 5.69 Å². The lowest BCUT2D eigenvalue weighted by Crippen LogP contribution is -2.46. The largest absolute Gasteiger partial charge is 0.344 e. The minimum absolute atomic E-state index is 0.0197. The third kappa shape index (κ3) is 4.32. The number of aryl methyl sites for hydroxylation is 1. The first-order chi connectivity index (χ1) is 12.3. The maximum atomic E-state index is 12.5. The number of anilines is 1. The van der Waals surface area contributed by atoms with Crippen LogP contribution in [0.1, 0.15) is 41.0 Å². The fourth-order valence-corrected chi connectivity index (χ4v) is 3.89. The topological polar surface area (TPSA) is 94.6 Å². The first-order valence-corrected chi connectivity index (χ1v) is 9.72. The van der Waals surface area contributed by atoms with Crippen LogP contribution >= 0.6 is 11.3 Å². The van der Waals surface area contributed by atoms with Crippen LogP contribution in [0.3, 0.4) is 0 Å². The molecule has 8 nitrogen and oxygen atoms in total. The molecule has 1 saturated carbocycles. The number of carbonyl (C=O) groups excluding carboxylic acids is 3. The quantitative estimate of drug-likeness (QED) is 0.832. The fourth-order valence-electron chi connectivity index (χ4n) is 2.90. The van der Waals surface area contributed by atoms with Crippen LogP contribution in [0.2, 0.25) is 0 Å². The predicted octanol–water partition coefficient (Wildman–Crippen LogP) is 1.68. The van der Waals surface area contributed by atoms with Crippen molar-refractivity contribution >= 4 is 34.3 Å².